The van der Waals surface area contributed by atoms with Gasteiger partial charge in [-0.15, -0.1) is 0 Å². The molecule has 2 aromatic carbocycles. The summed E-state index contributed by atoms with van der Waals surface area (Å²) in [7, 11) is 0. The maximum Gasteiger partial charge on any atom is 0.127 e. The summed E-state index contributed by atoms with van der Waals surface area (Å²) >= 11 is 6.19. The molecule has 3 heteroatoms. The molecule has 0 spiro atoms. The van der Waals surface area contributed by atoms with Gasteiger partial charge in [0.1, 0.15) is 5.75 Å². The number of hydrogen-bond donors (Lipinski definition) is 1. The van der Waals surface area contributed by atoms with Crippen LogP contribution in [0.3, 0.4) is 0 Å². The molecule has 1 N–H and O–H groups in total. The van der Waals surface area contributed by atoms with Gasteiger partial charge in [-0.25, -0.2) is 0 Å². The van der Waals surface area contributed by atoms with E-state index in [0.717, 1.165) is 36.9 Å². The summed E-state index contributed by atoms with van der Waals surface area (Å²) in [5, 5.41) is 4.37. The van der Waals surface area contributed by atoms with Crippen molar-refractivity contribution in [3.05, 3.63) is 63.7 Å². The van der Waals surface area contributed by atoms with E-state index in [-0.39, 0.29) is 0 Å². The molecule has 0 radical (unpaired) electrons. The number of ether oxygens (including phenoxy) is 1. The first-order chi connectivity index (χ1) is 10.3. The Balaban J connectivity index is 1.41. The quantitative estimate of drug-likeness (QED) is 0.929. The standard InChI is InChI=1S/C18H18ClNO/c19-16-8-13-5-6-21-18(13)15(9-16)11-20-10-14-7-12-3-1-2-4-17(12)14/h1-4,8-9,14,20H,5-7,10-11H2. The second kappa shape index (κ2) is 5.36. The van der Waals surface area contributed by atoms with Crippen molar-refractivity contribution in [1.29, 1.82) is 0 Å². The van der Waals surface area contributed by atoms with E-state index in [2.05, 4.69) is 29.6 Å². The fraction of sp³-hybridized carbons (Fsp3) is 0.333. The Morgan fingerprint density at radius 3 is 3.00 bits per heavy atom. The number of fused-ring (bicyclic) bond motifs is 2. The highest BCUT2D eigenvalue weighted by Gasteiger charge is 2.25. The van der Waals surface area contributed by atoms with Crippen molar-refractivity contribution in [1.82, 2.24) is 5.32 Å². The van der Waals surface area contributed by atoms with Crippen molar-refractivity contribution in [3.8, 4) is 5.75 Å². The van der Waals surface area contributed by atoms with E-state index in [1.165, 1.54) is 28.7 Å². The normalized spacial score (nSPS) is 18.6. The summed E-state index contributed by atoms with van der Waals surface area (Å²) in [6.45, 7) is 2.61. The summed E-state index contributed by atoms with van der Waals surface area (Å²) in [6.07, 6.45) is 2.16. The molecule has 108 valence electrons. The highest BCUT2D eigenvalue weighted by atomic mass is 35.5. The molecule has 0 amide bonds. The number of benzene rings is 2. The second-order valence-electron chi connectivity index (χ2n) is 5.88. The van der Waals surface area contributed by atoms with Crippen molar-refractivity contribution in [2.45, 2.75) is 25.3 Å². The molecule has 1 atom stereocenters. The lowest BCUT2D eigenvalue weighted by atomic mass is 9.77. The van der Waals surface area contributed by atoms with Gasteiger partial charge in [-0.3, -0.25) is 0 Å². The van der Waals surface area contributed by atoms with E-state index in [1.807, 2.05) is 12.1 Å². The summed E-state index contributed by atoms with van der Waals surface area (Å²) in [4.78, 5) is 0. The largest absolute Gasteiger partial charge is 0.493 e. The molecule has 4 rings (SSSR count). The van der Waals surface area contributed by atoms with Crippen LogP contribution in [-0.4, -0.2) is 13.2 Å². The minimum absolute atomic E-state index is 0.648. The van der Waals surface area contributed by atoms with Gasteiger partial charge in [0, 0.05) is 36.0 Å². The third kappa shape index (κ3) is 2.43. The molecule has 2 aromatic rings. The van der Waals surface area contributed by atoms with E-state index >= 15 is 0 Å². The Morgan fingerprint density at radius 2 is 2.10 bits per heavy atom. The van der Waals surface area contributed by atoms with Gasteiger partial charge in [-0.1, -0.05) is 35.9 Å². The molecule has 1 heterocycles. The maximum absolute atomic E-state index is 6.19. The first-order valence-electron chi connectivity index (χ1n) is 7.54. The Kier molecular flexibility index (Phi) is 3.36. The number of rotatable bonds is 4. The van der Waals surface area contributed by atoms with Crippen LogP contribution in [0.5, 0.6) is 5.75 Å². The molecule has 0 aromatic heterocycles. The Morgan fingerprint density at radius 1 is 1.19 bits per heavy atom. The number of hydrogen-bond acceptors (Lipinski definition) is 2. The molecular formula is C18H18ClNO. The van der Waals surface area contributed by atoms with Crippen LogP contribution in [0.1, 0.15) is 28.2 Å². The van der Waals surface area contributed by atoms with Crippen LogP contribution in [-0.2, 0) is 19.4 Å². The van der Waals surface area contributed by atoms with Crippen LogP contribution in [0.2, 0.25) is 5.02 Å². The average Bonchev–Trinajstić information content (AvgIpc) is 2.91. The lowest BCUT2D eigenvalue weighted by molar-refractivity contribution is 0.352. The third-order valence-corrected chi connectivity index (χ3v) is 4.71. The predicted molar refractivity (Wildman–Crippen MR) is 85.2 cm³/mol. The molecule has 1 aliphatic heterocycles. The molecule has 0 saturated carbocycles. The molecule has 1 aliphatic carbocycles. The fourth-order valence-corrected chi connectivity index (χ4v) is 3.67. The summed E-state index contributed by atoms with van der Waals surface area (Å²) in [5.41, 5.74) is 5.42. The monoisotopic (exact) mass is 299 g/mol. The van der Waals surface area contributed by atoms with Crippen molar-refractivity contribution in [2.75, 3.05) is 13.2 Å². The Hall–Kier alpha value is -1.51. The van der Waals surface area contributed by atoms with Crippen LogP contribution in [0.25, 0.3) is 0 Å². The predicted octanol–water partition coefficient (Wildman–Crippen LogP) is 3.70. The van der Waals surface area contributed by atoms with Gasteiger partial charge in [0.25, 0.3) is 0 Å². The molecule has 0 bridgehead atoms. The van der Waals surface area contributed by atoms with E-state index < -0.39 is 0 Å². The molecule has 2 aliphatic rings. The third-order valence-electron chi connectivity index (χ3n) is 4.49. The van der Waals surface area contributed by atoms with E-state index in [9.17, 15) is 0 Å². The lowest BCUT2D eigenvalue weighted by Gasteiger charge is -2.30. The summed E-state index contributed by atoms with van der Waals surface area (Å²) in [6, 6.07) is 12.8. The van der Waals surface area contributed by atoms with Gasteiger partial charge in [-0.2, -0.15) is 0 Å². The van der Waals surface area contributed by atoms with E-state index in [0.29, 0.717) is 5.92 Å². The highest BCUT2D eigenvalue weighted by molar-refractivity contribution is 6.30. The van der Waals surface area contributed by atoms with Crippen LogP contribution < -0.4 is 10.1 Å². The molecule has 2 nitrogen and oxygen atoms in total. The van der Waals surface area contributed by atoms with Crippen LogP contribution in [0.4, 0.5) is 0 Å². The van der Waals surface area contributed by atoms with Crippen molar-refractivity contribution >= 4 is 11.6 Å². The summed E-state index contributed by atoms with van der Waals surface area (Å²) in [5.74, 6) is 1.69. The van der Waals surface area contributed by atoms with Gasteiger partial charge in [0.05, 0.1) is 6.61 Å². The van der Waals surface area contributed by atoms with Gasteiger partial charge in [0.15, 0.2) is 0 Å². The lowest BCUT2D eigenvalue weighted by Crippen LogP contribution is -2.28. The van der Waals surface area contributed by atoms with Crippen LogP contribution >= 0.6 is 11.6 Å². The van der Waals surface area contributed by atoms with Crippen LogP contribution in [0, 0.1) is 0 Å². The molecular weight excluding hydrogens is 282 g/mol. The van der Waals surface area contributed by atoms with Crippen molar-refractivity contribution < 1.29 is 4.74 Å². The molecule has 1 unspecified atom stereocenters. The van der Waals surface area contributed by atoms with Gasteiger partial charge >= 0.3 is 0 Å². The smallest absolute Gasteiger partial charge is 0.127 e. The minimum atomic E-state index is 0.648. The Labute approximate surface area is 130 Å². The van der Waals surface area contributed by atoms with E-state index in [4.69, 9.17) is 16.3 Å². The average molecular weight is 300 g/mol. The van der Waals surface area contributed by atoms with Gasteiger partial charge in [-0.05, 0) is 35.2 Å². The van der Waals surface area contributed by atoms with Crippen LogP contribution in [0.15, 0.2) is 36.4 Å². The van der Waals surface area contributed by atoms with Gasteiger partial charge < -0.3 is 10.1 Å². The first-order valence-corrected chi connectivity index (χ1v) is 7.91. The van der Waals surface area contributed by atoms with Gasteiger partial charge in [0.2, 0.25) is 0 Å². The molecule has 21 heavy (non-hydrogen) atoms. The SMILES string of the molecule is Clc1cc2c(c(CNCC3Cc4ccccc43)c1)OCC2. The zero-order valence-electron chi connectivity index (χ0n) is 11.9. The fourth-order valence-electron chi connectivity index (χ4n) is 3.40. The molecule has 0 fully saturated rings. The van der Waals surface area contributed by atoms with Crippen molar-refractivity contribution in [3.63, 3.8) is 0 Å². The minimum Gasteiger partial charge on any atom is -0.493 e. The number of halogens is 1. The first kappa shape index (κ1) is 13.2. The second-order valence-corrected chi connectivity index (χ2v) is 6.32. The summed E-state index contributed by atoms with van der Waals surface area (Å²) < 4.78 is 5.74. The highest BCUT2D eigenvalue weighted by Crippen LogP contribution is 2.35. The van der Waals surface area contributed by atoms with E-state index in [1.54, 1.807) is 0 Å². The zero-order chi connectivity index (χ0) is 14.2. The molecule has 0 saturated heterocycles. The number of nitrogens with one attached hydrogen (secondary N) is 1. The Bertz CT molecular complexity index is 683. The topological polar surface area (TPSA) is 21.3 Å². The van der Waals surface area contributed by atoms with Crippen molar-refractivity contribution in [2.24, 2.45) is 0 Å². The zero-order valence-corrected chi connectivity index (χ0v) is 12.6. The maximum atomic E-state index is 6.19.